The van der Waals surface area contributed by atoms with Gasteiger partial charge in [-0.2, -0.15) is 0 Å². The number of hydrogen-bond acceptors (Lipinski definition) is 8. The number of ether oxygens (including phenoxy) is 3. The molecule has 0 radical (unpaired) electrons. The highest BCUT2D eigenvalue weighted by Gasteiger charge is 2.48. The van der Waals surface area contributed by atoms with Gasteiger partial charge < -0.3 is 14.2 Å². The zero-order valence-corrected chi connectivity index (χ0v) is 24.6. The number of carbonyl (C=O) groups excluding carboxylic acids is 3. The van der Waals surface area contributed by atoms with Gasteiger partial charge in [0.2, 0.25) is 5.91 Å². The summed E-state index contributed by atoms with van der Waals surface area (Å²) in [4.78, 5) is 42.3. The predicted octanol–water partition coefficient (Wildman–Crippen LogP) is 5.86. The van der Waals surface area contributed by atoms with Gasteiger partial charge in [-0.3, -0.25) is 19.3 Å². The molecule has 2 aliphatic rings. The molecule has 0 N–H and O–H groups in total. The minimum atomic E-state index is -1.01. The SMILES string of the molecule is CCOc1ccc(N2C(=O)CC(N3C(=O)/C(=C/c4ccc(OCc5ccc(Cl)cc5)c(OC)c4)SC3=S)C2=O)cc1. The molecule has 1 atom stereocenters. The van der Waals surface area contributed by atoms with Crippen LogP contribution in [0, 0.1) is 0 Å². The van der Waals surface area contributed by atoms with Gasteiger partial charge in [0.05, 0.1) is 30.7 Å². The zero-order chi connectivity index (χ0) is 29.1. The van der Waals surface area contributed by atoms with Gasteiger partial charge >= 0.3 is 0 Å². The summed E-state index contributed by atoms with van der Waals surface area (Å²) in [6, 6.07) is 18.3. The van der Waals surface area contributed by atoms with Crippen molar-refractivity contribution in [2.75, 3.05) is 18.6 Å². The topological polar surface area (TPSA) is 85.4 Å². The van der Waals surface area contributed by atoms with E-state index in [0.717, 1.165) is 22.2 Å². The number of amides is 3. The van der Waals surface area contributed by atoms with Crippen molar-refractivity contribution in [3.05, 3.63) is 87.8 Å². The second-order valence-electron chi connectivity index (χ2n) is 9.09. The number of thiocarbonyl (C=S) groups is 1. The van der Waals surface area contributed by atoms with Crippen LogP contribution >= 0.6 is 35.6 Å². The molecule has 11 heteroatoms. The van der Waals surface area contributed by atoms with Crippen molar-refractivity contribution in [1.29, 1.82) is 0 Å². The molecular weight excluding hydrogens is 584 g/mol. The van der Waals surface area contributed by atoms with E-state index in [0.29, 0.717) is 51.6 Å². The first-order valence-corrected chi connectivity index (χ1v) is 14.3. The van der Waals surface area contributed by atoms with Crippen molar-refractivity contribution in [2.45, 2.75) is 26.0 Å². The Morgan fingerprint density at radius 3 is 2.41 bits per heavy atom. The molecule has 8 nitrogen and oxygen atoms in total. The predicted molar refractivity (Wildman–Crippen MR) is 162 cm³/mol. The third kappa shape index (κ3) is 6.09. The highest BCUT2D eigenvalue weighted by atomic mass is 35.5. The van der Waals surface area contributed by atoms with Gasteiger partial charge in [-0.15, -0.1) is 0 Å². The van der Waals surface area contributed by atoms with Crippen molar-refractivity contribution in [3.8, 4) is 17.2 Å². The fourth-order valence-electron chi connectivity index (χ4n) is 4.48. The van der Waals surface area contributed by atoms with Crippen LogP contribution in [0.4, 0.5) is 5.69 Å². The van der Waals surface area contributed by atoms with E-state index in [1.807, 2.05) is 19.1 Å². The lowest BCUT2D eigenvalue weighted by atomic mass is 10.1. The third-order valence-corrected chi connectivity index (χ3v) is 8.04. The summed E-state index contributed by atoms with van der Waals surface area (Å²) in [6.45, 7) is 2.69. The number of methoxy groups -OCH3 is 1. The molecule has 41 heavy (non-hydrogen) atoms. The first-order chi connectivity index (χ1) is 19.8. The van der Waals surface area contributed by atoms with Crippen LogP contribution in [0.15, 0.2) is 71.6 Å². The first kappa shape index (κ1) is 28.7. The first-order valence-electron chi connectivity index (χ1n) is 12.7. The molecule has 2 fully saturated rings. The van der Waals surface area contributed by atoms with Gasteiger partial charge in [0.1, 0.15) is 22.7 Å². The quantitative estimate of drug-likeness (QED) is 0.170. The Hall–Kier alpha value is -3.86. The van der Waals surface area contributed by atoms with Gasteiger partial charge in [0, 0.05) is 5.02 Å². The zero-order valence-electron chi connectivity index (χ0n) is 22.2. The average molecular weight is 609 g/mol. The van der Waals surface area contributed by atoms with Gasteiger partial charge in [-0.1, -0.05) is 53.8 Å². The molecule has 1 unspecified atom stereocenters. The molecule has 0 aliphatic carbocycles. The van der Waals surface area contributed by atoms with Crippen LogP contribution in [0.3, 0.4) is 0 Å². The molecule has 0 bridgehead atoms. The van der Waals surface area contributed by atoms with E-state index in [4.69, 9.17) is 38.0 Å². The lowest BCUT2D eigenvalue weighted by Crippen LogP contribution is -2.44. The minimum Gasteiger partial charge on any atom is -0.494 e. The molecule has 3 aromatic rings. The van der Waals surface area contributed by atoms with Crippen LogP contribution in [0.25, 0.3) is 6.08 Å². The Morgan fingerprint density at radius 2 is 1.73 bits per heavy atom. The van der Waals surface area contributed by atoms with Crippen LogP contribution in [0.1, 0.15) is 24.5 Å². The summed E-state index contributed by atoms with van der Waals surface area (Å²) in [7, 11) is 1.53. The van der Waals surface area contributed by atoms with Gasteiger partial charge in [0.25, 0.3) is 11.8 Å². The molecule has 5 rings (SSSR count). The number of hydrogen-bond donors (Lipinski definition) is 0. The number of imide groups is 1. The Bertz CT molecular complexity index is 1540. The molecular formula is C30H25ClN2O6S2. The van der Waals surface area contributed by atoms with E-state index in [1.165, 1.54) is 12.0 Å². The maximum Gasteiger partial charge on any atom is 0.266 e. The van der Waals surface area contributed by atoms with Crippen molar-refractivity contribution < 1.29 is 28.6 Å². The standard InChI is InChI=1S/C30H25ClN2O6S2/c1-3-38-22-11-9-21(10-12-22)32-27(34)16-23(28(32)35)33-29(36)26(41-30(33)40)15-19-6-13-24(25(14-19)37-2)39-17-18-4-7-20(31)8-5-18/h4-15,23H,3,16-17H2,1-2H3/b26-15-. The average Bonchev–Trinajstić information content (AvgIpc) is 3.41. The number of halogens is 1. The smallest absolute Gasteiger partial charge is 0.266 e. The summed E-state index contributed by atoms with van der Waals surface area (Å²) in [5.41, 5.74) is 2.05. The van der Waals surface area contributed by atoms with Gasteiger partial charge in [0.15, 0.2) is 11.5 Å². The summed E-state index contributed by atoms with van der Waals surface area (Å²) in [6.07, 6.45) is 1.52. The number of carbonyl (C=O) groups is 3. The van der Waals surface area contributed by atoms with Crippen molar-refractivity contribution in [2.24, 2.45) is 0 Å². The fourth-order valence-corrected chi connectivity index (χ4v) is 5.96. The highest BCUT2D eigenvalue weighted by Crippen LogP contribution is 2.38. The number of benzene rings is 3. The Balaban J connectivity index is 1.30. The maximum atomic E-state index is 13.4. The van der Waals surface area contributed by atoms with E-state index >= 15 is 0 Å². The minimum absolute atomic E-state index is 0.154. The lowest BCUT2D eigenvalue weighted by Gasteiger charge is -2.21. The van der Waals surface area contributed by atoms with Crippen LogP contribution in [-0.2, 0) is 21.0 Å². The van der Waals surface area contributed by atoms with E-state index in [1.54, 1.807) is 60.7 Å². The Morgan fingerprint density at radius 1 is 1.00 bits per heavy atom. The van der Waals surface area contributed by atoms with E-state index in [9.17, 15) is 14.4 Å². The molecule has 0 aromatic heterocycles. The summed E-state index contributed by atoms with van der Waals surface area (Å²) in [5, 5.41) is 0.648. The monoisotopic (exact) mass is 608 g/mol. The fraction of sp³-hybridized carbons (Fsp3) is 0.200. The van der Waals surface area contributed by atoms with Crippen molar-refractivity contribution in [1.82, 2.24) is 4.90 Å². The van der Waals surface area contributed by atoms with Crippen LogP contribution in [0.5, 0.6) is 17.2 Å². The molecule has 2 heterocycles. The van der Waals surface area contributed by atoms with E-state index < -0.39 is 23.8 Å². The number of thioether (sulfide) groups is 1. The summed E-state index contributed by atoms with van der Waals surface area (Å²) >= 11 is 12.5. The lowest BCUT2D eigenvalue weighted by molar-refractivity contribution is -0.129. The molecule has 2 aliphatic heterocycles. The molecule has 3 amide bonds. The highest BCUT2D eigenvalue weighted by molar-refractivity contribution is 8.26. The molecule has 3 aromatic carbocycles. The van der Waals surface area contributed by atoms with E-state index in [-0.39, 0.29) is 10.7 Å². The van der Waals surface area contributed by atoms with Gasteiger partial charge in [-0.05, 0) is 72.7 Å². The summed E-state index contributed by atoms with van der Waals surface area (Å²) < 4.78 is 17.1. The van der Waals surface area contributed by atoms with Gasteiger partial charge in [-0.25, -0.2) is 4.90 Å². The summed E-state index contributed by atoms with van der Waals surface area (Å²) in [5.74, 6) is 0.331. The largest absolute Gasteiger partial charge is 0.494 e. The van der Waals surface area contributed by atoms with Crippen LogP contribution in [0.2, 0.25) is 5.02 Å². The Labute approximate surface area is 251 Å². The van der Waals surface area contributed by atoms with Crippen molar-refractivity contribution in [3.63, 3.8) is 0 Å². The molecule has 2 saturated heterocycles. The van der Waals surface area contributed by atoms with Crippen LogP contribution in [-0.4, -0.2) is 46.7 Å². The molecule has 0 saturated carbocycles. The second-order valence-corrected chi connectivity index (χ2v) is 11.2. The number of anilines is 1. The normalized spacial score (nSPS) is 18.0. The number of rotatable bonds is 9. The second kappa shape index (κ2) is 12.3. The Kier molecular flexibility index (Phi) is 8.63. The van der Waals surface area contributed by atoms with Crippen LogP contribution < -0.4 is 19.1 Å². The van der Waals surface area contributed by atoms with Crippen molar-refractivity contribution >= 4 is 69.4 Å². The molecule has 210 valence electrons. The maximum absolute atomic E-state index is 13.4. The number of nitrogens with zero attached hydrogens (tertiary/aromatic N) is 2. The molecule has 0 spiro atoms. The third-order valence-electron chi connectivity index (χ3n) is 6.46. The van der Waals surface area contributed by atoms with E-state index in [2.05, 4.69) is 0 Å².